The molecule has 86 valence electrons. The lowest BCUT2D eigenvalue weighted by Gasteiger charge is -2.34. The molecule has 0 saturated carbocycles. The van der Waals surface area contributed by atoms with E-state index in [1.54, 1.807) is 0 Å². The molecule has 2 rings (SSSR count). The minimum absolute atomic E-state index is 1.08. The van der Waals surface area contributed by atoms with Crippen molar-refractivity contribution in [3.63, 3.8) is 0 Å². The molecule has 0 unspecified atom stereocenters. The van der Waals surface area contributed by atoms with Gasteiger partial charge in [-0.3, -0.25) is 4.90 Å². The Morgan fingerprint density at radius 1 is 1.25 bits per heavy atom. The molecule has 16 heavy (non-hydrogen) atoms. The van der Waals surface area contributed by atoms with Crippen LogP contribution in [0.3, 0.4) is 0 Å². The molecule has 1 saturated heterocycles. The third kappa shape index (κ3) is 2.83. The monoisotopic (exact) mass is 217 g/mol. The summed E-state index contributed by atoms with van der Waals surface area (Å²) in [5.74, 6) is 1.10. The van der Waals surface area contributed by atoms with Crippen LogP contribution in [0, 0.1) is 0 Å². The Morgan fingerprint density at radius 3 is 2.69 bits per heavy atom. The van der Waals surface area contributed by atoms with Crippen molar-refractivity contribution in [1.82, 2.24) is 9.88 Å². The number of rotatable bonds is 3. The van der Waals surface area contributed by atoms with Gasteiger partial charge in [-0.1, -0.05) is 18.2 Å². The van der Waals surface area contributed by atoms with Gasteiger partial charge in [-0.2, -0.15) is 0 Å². The van der Waals surface area contributed by atoms with Crippen LogP contribution in [-0.4, -0.2) is 42.6 Å². The minimum atomic E-state index is 1.08. The largest absolute Gasteiger partial charge is 0.354 e. The summed E-state index contributed by atoms with van der Waals surface area (Å²) < 4.78 is 0. The molecular formula is C13H19N3. The highest BCUT2D eigenvalue weighted by molar-refractivity contribution is 5.38. The first-order valence-corrected chi connectivity index (χ1v) is 5.89. The van der Waals surface area contributed by atoms with Crippen LogP contribution in [0.15, 0.2) is 36.5 Å². The van der Waals surface area contributed by atoms with Gasteiger partial charge in [0.2, 0.25) is 0 Å². The third-order valence-corrected chi connectivity index (χ3v) is 2.94. The van der Waals surface area contributed by atoms with Gasteiger partial charge in [-0.15, -0.1) is 0 Å². The molecule has 0 spiro atoms. The van der Waals surface area contributed by atoms with Crippen molar-refractivity contribution in [2.24, 2.45) is 0 Å². The van der Waals surface area contributed by atoms with E-state index in [2.05, 4.69) is 46.0 Å². The Kier molecular flexibility index (Phi) is 3.94. The van der Waals surface area contributed by atoms with Crippen molar-refractivity contribution in [1.29, 1.82) is 0 Å². The van der Waals surface area contributed by atoms with E-state index >= 15 is 0 Å². The zero-order valence-electron chi connectivity index (χ0n) is 9.84. The maximum absolute atomic E-state index is 4.38. The average molecular weight is 217 g/mol. The van der Waals surface area contributed by atoms with E-state index in [0.29, 0.717) is 0 Å². The first-order chi connectivity index (χ1) is 7.90. The predicted octanol–water partition coefficient (Wildman–Crippen LogP) is 1.78. The molecule has 2 heterocycles. The number of hydrogen-bond donors (Lipinski definition) is 0. The molecule has 0 amide bonds. The lowest BCUT2D eigenvalue weighted by molar-refractivity contribution is 0.283. The number of anilines is 1. The van der Waals surface area contributed by atoms with Crippen LogP contribution in [0.2, 0.25) is 0 Å². The van der Waals surface area contributed by atoms with E-state index in [0.717, 1.165) is 38.5 Å². The highest BCUT2D eigenvalue weighted by atomic mass is 15.3. The molecule has 1 fully saturated rings. The Bertz CT molecular complexity index is 326. The number of allylic oxidation sites excluding steroid dienone is 1. The summed E-state index contributed by atoms with van der Waals surface area (Å²) in [4.78, 5) is 9.21. The molecule has 1 aromatic heterocycles. The second-order valence-corrected chi connectivity index (χ2v) is 4.04. The first kappa shape index (κ1) is 11.1. The quantitative estimate of drug-likeness (QED) is 0.719. The molecule has 3 heteroatoms. The van der Waals surface area contributed by atoms with Gasteiger partial charge < -0.3 is 4.90 Å². The fourth-order valence-corrected chi connectivity index (χ4v) is 1.95. The van der Waals surface area contributed by atoms with E-state index in [-0.39, 0.29) is 0 Å². The van der Waals surface area contributed by atoms with E-state index in [1.807, 2.05) is 12.3 Å². The van der Waals surface area contributed by atoms with Gasteiger partial charge in [-0.05, 0) is 19.1 Å². The van der Waals surface area contributed by atoms with Gasteiger partial charge in [-0.25, -0.2) is 4.98 Å². The maximum atomic E-state index is 4.38. The number of aromatic nitrogens is 1. The third-order valence-electron chi connectivity index (χ3n) is 2.94. The minimum Gasteiger partial charge on any atom is -0.354 e. The fourth-order valence-electron chi connectivity index (χ4n) is 1.95. The molecule has 3 nitrogen and oxygen atoms in total. The number of pyridine rings is 1. The zero-order valence-corrected chi connectivity index (χ0v) is 9.84. The SMILES string of the molecule is C/C=C/CN1CCN(c2ccccn2)CC1. The number of piperazine rings is 1. The lowest BCUT2D eigenvalue weighted by Crippen LogP contribution is -2.46. The highest BCUT2D eigenvalue weighted by Crippen LogP contribution is 2.12. The van der Waals surface area contributed by atoms with Gasteiger partial charge in [0, 0.05) is 38.9 Å². The zero-order chi connectivity index (χ0) is 11.2. The molecule has 0 N–H and O–H groups in total. The molecule has 0 aromatic carbocycles. The van der Waals surface area contributed by atoms with Gasteiger partial charge in [0.25, 0.3) is 0 Å². The summed E-state index contributed by atoms with van der Waals surface area (Å²) >= 11 is 0. The average Bonchev–Trinajstić information content (AvgIpc) is 2.38. The van der Waals surface area contributed by atoms with E-state index in [9.17, 15) is 0 Å². The standard InChI is InChI=1S/C13H19N3/c1-2-3-8-15-9-11-16(12-10-15)13-6-4-5-7-14-13/h2-7H,8-12H2,1H3/b3-2+. The molecule has 0 aliphatic carbocycles. The van der Waals surface area contributed by atoms with Crippen LogP contribution in [-0.2, 0) is 0 Å². The van der Waals surface area contributed by atoms with E-state index in [1.165, 1.54) is 0 Å². The van der Waals surface area contributed by atoms with Crippen molar-refractivity contribution in [2.45, 2.75) is 6.92 Å². The summed E-state index contributed by atoms with van der Waals surface area (Å²) in [6.07, 6.45) is 6.20. The topological polar surface area (TPSA) is 19.4 Å². The molecule has 0 atom stereocenters. The van der Waals surface area contributed by atoms with E-state index in [4.69, 9.17) is 0 Å². The summed E-state index contributed by atoms with van der Waals surface area (Å²) in [5, 5.41) is 0. The normalized spacial score (nSPS) is 18.2. The smallest absolute Gasteiger partial charge is 0.128 e. The Balaban J connectivity index is 1.86. The Labute approximate surface area is 97.4 Å². The Hall–Kier alpha value is -1.35. The van der Waals surface area contributed by atoms with Crippen molar-refractivity contribution < 1.29 is 0 Å². The van der Waals surface area contributed by atoms with Crippen LogP contribution >= 0.6 is 0 Å². The van der Waals surface area contributed by atoms with Gasteiger partial charge in [0.15, 0.2) is 0 Å². The summed E-state index contributed by atoms with van der Waals surface area (Å²) in [7, 11) is 0. The summed E-state index contributed by atoms with van der Waals surface area (Å²) in [6.45, 7) is 7.56. The van der Waals surface area contributed by atoms with Crippen LogP contribution < -0.4 is 4.90 Å². The predicted molar refractivity (Wildman–Crippen MR) is 67.7 cm³/mol. The molecule has 1 aliphatic rings. The van der Waals surface area contributed by atoms with Gasteiger partial charge in [0.05, 0.1) is 0 Å². The highest BCUT2D eigenvalue weighted by Gasteiger charge is 2.16. The second-order valence-electron chi connectivity index (χ2n) is 4.04. The molecule has 1 aliphatic heterocycles. The van der Waals surface area contributed by atoms with Gasteiger partial charge >= 0.3 is 0 Å². The van der Waals surface area contributed by atoms with E-state index < -0.39 is 0 Å². The summed E-state index contributed by atoms with van der Waals surface area (Å²) in [6, 6.07) is 6.10. The Morgan fingerprint density at radius 2 is 2.06 bits per heavy atom. The molecule has 1 aromatic rings. The van der Waals surface area contributed by atoms with Crippen molar-refractivity contribution in [3.05, 3.63) is 36.5 Å². The number of nitrogens with zero attached hydrogens (tertiary/aromatic N) is 3. The summed E-state index contributed by atoms with van der Waals surface area (Å²) in [5.41, 5.74) is 0. The van der Waals surface area contributed by atoms with Crippen molar-refractivity contribution in [2.75, 3.05) is 37.6 Å². The second kappa shape index (κ2) is 5.66. The lowest BCUT2D eigenvalue weighted by atomic mass is 10.3. The van der Waals surface area contributed by atoms with Crippen LogP contribution in [0.4, 0.5) is 5.82 Å². The fraction of sp³-hybridized carbons (Fsp3) is 0.462. The van der Waals surface area contributed by atoms with Gasteiger partial charge in [0.1, 0.15) is 5.82 Å². The first-order valence-electron chi connectivity index (χ1n) is 5.89. The maximum Gasteiger partial charge on any atom is 0.128 e. The molecule has 0 bridgehead atoms. The van der Waals surface area contributed by atoms with Crippen molar-refractivity contribution >= 4 is 5.82 Å². The number of hydrogen-bond acceptors (Lipinski definition) is 3. The van der Waals surface area contributed by atoms with Crippen LogP contribution in [0.25, 0.3) is 0 Å². The van der Waals surface area contributed by atoms with Crippen molar-refractivity contribution in [3.8, 4) is 0 Å². The van der Waals surface area contributed by atoms with Crippen LogP contribution in [0.5, 0.6) is 0 Å². The molecular weight excluding hydrogens is 198 g/mol. The van der Waals surface area contributed by atoms with Crippen LogP contribution in [0.1, 0.15) is 6.92 Å². The molecule has 0 radical (unpaired) electrons.